The van der Waals surface area contributed by atoms with E-state index < -0.39 is 0 Å². The molecular weight excluding hydrogens is 250 g/mol. The minimum absolute atomic E-state index is 0.181. The summed E-state index contributed by atoms with van der Waals surface area (Å²) in [5.74, 6) is -0.181. The molecule has 0 N–H and O–H groups in total. The first kappa shape index (κ1) is 14.0. The minimum Gasteiger partial charge on any atom is -0.273 e. The number of carbonyl (C=O) groups excluding carboxylic acids is 1. The third kappa shape index (κ3) is 3.33. The molecule has 0 spiro atoms. The lowest BCUT2D eigenvalue weighted by molar-refractivity contribution is -0.125. The fraction of sp³-hybridized carbons (Fsp3) is 0.118. The molecule has 0 aliphatic carbocycles. The first-order valence-electron chi connectivity index (χ1n) is 6.42. The van der Waals surface area contributed by atoms with Gasteiger partial charge in [0.05, 0.1) is 5.69 Å². The summed E-state index contributed by atoms with van der Waals surface area (Å²) in [6.07, 6.45) is 1.30. The van der Waals surface area contributed by atoms with E-state index in [-0.39, 0.29) is 12.0 Å². The van der Waals surface area contributed by atoms with Gasteiger partial charge in [0.25, 0.3) is 0 Å². The van der Waals surface area contributed by atoms with Crippen molar-refractivity contribution in [2.75, 3.05) is 5.06 Å². The van der Waals surface area contributed by atoms with Crippen LogP contribution in [0.1, 0.15) is 18.6 Å². The molecular formula is C17H17NO2. The van der Waals surface area contributed by atoms with Crippen molar-refractivity contribution < 1.29 is 9.63 Å². The van der Waals surface area contributed by atoms with Crippen LogP contribution in [0.4, 0.5) is 5.69 Å². The maximum absolute atomic E-state index is 11.8. The standard InChI is InChI=1S/C17H17NO2/c1-3-17(15-10-6-4-7-11-15)20-18(14(2)19)16-12-8-5-9-13-16/h3-13,17H,1H2,2H3/t17-/m0/s1. The molecule has 0 aliphatic heterocycles. The molecule has 2 aromatic carbocycles. The van der Waals surface area contributed by atoms with Gasteiger partial charge in [-0.3, -0.25) is 9.63 Å². The van der Waals surface area contributed by atoms with Gasteiger partial charge >= 0.3 is 0 Å². The zero-order chi connectivity index (χ0) is 14.4. The fourth-order valence-electron chi connectivity index (χ4n) is 1.88. The molecule has 1 amide bonds. The van der Waals surface area contributed by atoms with Crippen LogP contribution >= 0.6 is 0 Å². The van der Waals surface area contributed by atoms with Gasteiger partial charge in [-0.25, -0.2) is 0 Å². The molecule has 3 heteroatoms. The molecule has 3 nitrogen and oxygen atoms in total. The van der Waals surface area contributed by atoms with Crippen LogP contribution in [0.25, 0.3) is 0 Å². The van der Waals surface area contributed by atoms with Crippen LogP contribution in [0, 0.1) is 0 Å². The van der Waals surface area contributed by atoms with Gasteiger partial charge in [0.1, 0.15) is 6.10 Å². The summed E-state index contributed by atoms with van der Waals surface area (Å²) in [5.41, 5.74) is 1.65. The van der Waals surface area contributed by atoms with Crippen molar-refractivity contribution in [2.24, 2.45) is 0 Å². The second-order valence-corrected chi connectivity index (χ2v) is 4.32. The lowest BCUT2D eigenvalue weighted by Gasteiger charge is -2.25. The Morgan fingerprint density at radius 1 is 1.10 bits per heavy atom. The Morgan fingerprint density at radius 2 is 1.65 bits per heavy atom. The molecule has 0 unspecified atom stereocenters. The number of rotatable bonds is 5. The molecule has 102 valence electrons. The van der Waals surface area contributed by atoms with Crippen molar-refractivity contribution in [2.45, 2.75) is 13.0 Å². The Balaban J connectivity index is 2.24. The molecule has 0 saturated carbocycles. The van der Waals surface area contributed by atoms with E-state index >= 15 is 0 Å². The van der Waals surface area contributed by atoms with Crippen LogP contribution in [0.5, 0.6) is 0 Å². The number of nitrogens with zero attached hydrogens (tertiary/aromatic N) is 1. The maximum Gasteiger partial charge on any atom is 0.247 e. The highest BCUT2D eigenvalue weighted by Gasteiger charge is 2.18. The number of hydrogen-bond donors (Lipinski definition) is 0. The first-order valence-corrected chi connectivity index (χ1v) is 6.42. The summed E-state index contributed by atoms with van der Waals surface area (Å²) >= 11 is 0. The van der Waals surface area contributed by atoms with Crippen LogP contribution in [-0.2, 0) is 9.63 Å². The average molecular weight is 267 g/mol. The summed E-state index contributed by atoms with van der Waals surface area (Å²) in [6.45, 7) is 5.25. The van der Waals surface area contributed by atoms with Gasteiger partial charge in [-0.2, -0.15) is 5.06 Å². The molecule has 0 radical (unpaired) electrons. The monoisotopic (exact) mass is 267 g/mol. The molecule has 2 rings (SSSR count). The topological polar surface area (TPSA) is 29.5 Å². The highest BCUT2D eigenvalue weighted by Crippen LogP contribution is 2.23. The molecule has 1 atom stereocenters. The van der Waals surface area contributed by atoms with E-state index in [1.807, 2.05) is 60.7 Å². The van der Waals surface area contributed by atoms with Gasteiger partial charge in [0.15, 0.2) is 0 Å². The SMILES string of the molecule is C=C[C@H](ON(C(C)=O)c1ccccc1)c1ccccc1. The molecule has 0 bridgehead atoms. The summed E-state index contributed by atoms with van der Waals surface area (Å²) in [5, 5.41) is 1.29. The predicted molar refractivity (Wildman–Crippen MR) is 80.1 cm³/mol. The van der Waals surface area contributed by atoms with E-state index in [4.69, 9.17) is 4.84 Å². The zero-order valence-corrected chi connectivity index (χ0v) is 11.4. The molecule has 0 aromatic heterocycles. The highest BCUT2D eigenvalue weighted by molar-refractivity contribution is 5.89. The van der Waals surface area contributed by atoms with Crippen molar-refractivity contribution in [1.29, 1.82) is 0 Å². The predicted octanol–water partition coefficient (Wildman–Crippen LogP) is 3.90. The third-order valence-electron chi connectivity index (χ3n) is 2.84. The van der Waals surface area contributed by atoms with Gasteiger partial charge in [-0.15, -0.1) is 6.58 Å². The lowest BCUT2D eigenvalue weighted by Crippen LogP contribution is -2.30. The van der Waals surface area contributed by atoms with Crippen LogP contribution in [-0.4, -0.2) is 5.91 Å². The van der Waals surface area contributed by atoms with E-state index in [1.165, 1.54) is 12.0 Å². The van der Waals surface area contributed by atoms with Crippen molar-refractivity contribution in [3.05, 3.63) is 78.9 Å². The summed E-state index contributed by atoms with van der Waals surface area (Å²) in [4.78, 5) is 17.6. The van der Waals surface area contributed by atoms with Crippen LogP contribution < -0.4 is 5.06 Å². The van der Waals surface area contributed by atoms with Gasteiger partial charge in [-0.05, 0) is 17.7 Å². The summed E-state index contributed by atoms with van der Waals surface area (Å²) < 4.78 is 0. The van der Waals surface area contributed by atoms with Crippen molar-refractivity contribution >= 4 is 11.6 Å². The molecule has 20 heavy (non-hydrogen) atoms. The van der Waals surface area contributed by atoms with Gasteiger partial charge in [0.2, 0.25) is 5.91 Å². The van der Waals surface area contributed by atoms with Crippen LogP contribution in [0.3, 0.4) is 0 Å². The Labute approximate surface area is 119 Å². The van der Waals surface area contributed by atoms with Crippen molar-refractivity contribution in [3.63, 3.8) is 0 Å². The van der Waals surface area contributed by atoms with E-state index in [0.29, 0.717) is 5.69 Å². The number of carbonyl (C=O) groups is 1. The molecule has 0 heterocycles. The number of benzene rings is 2. The Morgan fingerprint density at radius 3 is 2.15 bits per heavy atom. The van der Waals surface area contributed by atoms with Crippen molar-refractivity contribution in [1.82, 2.24) is 0 Å². The number of anilines is 1. The average Bonchev–Trinajstić information content (AvgIpc) is 2.50. The van der Waals surface area contributed by atoms with Crippen molar-refractivity contribution in [3.8, 4) is 0 Å². The molecule has 0 saturated heterocycles. The Hall–Kier alpha value is -2.39. The van der Waals surface area contributed by atoms with Crippen LogP contribution in [0.2, 0.25) is 0 Å². The highest BCUT2D eigenvalue weighted by atomic mass is 16.7. The van der Waals surface area contributed by atoms with E-state index in [1.54, 1.807) is 6.08 Å². The number of para-hydroxylation sites is 1. The normalized spacial score (nSPS) is 11.7. The Kier molecular flexibility index (Phi) is 4.69. The largest absolute Gasteiger partial charge is 0.273 e. The van der Waals surface area contributed by atoms with E-state index in [9.17, 15) is 4.79 Å². The summed E-state index contributed by atoms with van der Waals surface area (Å²) in [6, 6.07) is 18.9. The fourth-order valence-corrected chi connectivity index (χ4v) is 1.88. The van der Waals surface area contributed by atoms with E-state index in [0.717, 1.165) is 5.56 Å². The van der Waals surface area contributed by atoms with E-state index in [2.05, 4.69) is 6.58 Å². The van der Waals surface area contributed by atoms with Gasteiger partial charge < -0.3 is 0 Å². The number of hydroxylamine groups is 1. The number of hydrogen-bond acceptors (Lipinski definition) is 2. The third-order valence-corrected chi connectivity index (χ3v) is 2.84. The second kappa shape index (κ2) is 6.68. The number of amides is 1. The second-order valence-electron chi connectivity index (χ2n) is 4.32. The minimum atomic E-state index is -0.375. The zero-order valence-electron chi connectivity index (χ0n) is 11.4. The first-order chi connectivity index (χ1) is 9.72. The Bertz CT molecular complexity index is 566. The quantitative estimate of drug-likeness (QED) is 0.607. The summed E-state index contributed by atoms with van der Waals surface area (Å²) in [7, 11) is 0. The van der Waals surface area contributed by atoms with Gasteiger partial charge in [-0.1, -0.05) is 54.6 Å². The van der Waals surface area contributed by atoms with Gasteiger partial charge in [0, 0.05) is 6.92 Å². The smallest absolute Gasteiger partial charge is 0.247 e. The molecule has 2 aromatic rings. The van der Waals surface area contributed by atoms with Crippen LogP contribution in [0.15, 0.2) is 73.3 Å². The molecule has 0 aliphatic rings. The molecule has 0 fully saturated rings. The lowest BCUT2D eigenvalue weighted by atomic mass is 10.1. The maximum atomic E-state index is 11.8.